The summed E-state index contributed by atoms with van der Waals surface area (Å²) in [6, 6.07) is 0. The van der Waals surface area contributed by atoms with Crippen LogP contribution in [0.1, 0.15) is 92.4 Å². The van der Waals surface area contributed by atoms with Crippen LogP contribution < -0.4 is 0 Å². The van der Waals surface area contributed by atoms with Gasteiger partial charge in [0.2, 0.25) is 0 Å². The largest absolute Gasteiger partial charge is 0.0651 e. The molecular weight excluding hydrogens is 252 g/mol. The molecule has 2 unspecified atom stereocenters. The van der Waals surface area contributed by atoms with Crippen LogP contribution in [0.5, 0.6) is 0 Å². The molecule has 0 radical (unpaired) electrons. The quantitative estimate of drug-likeness (QED) is 0.515. The zero-order valence-corrected chi connectivity index (χ0v) is 15.4. The molecule has 2 aliphatic rings. The summed E-state index contributed by atoms with van der Waals surface area (Å²) in [7, 11) is 0. The Balaban J connectivity index is 1.76. The molecule has 2 saturated carbocycles. The molecule has 0 saturated heterocycles. The number of hydrogen-bond donors (Lipinski definition) is 0. The van der Waals surface area contributed by atoms with Crippen molar-refractivity contribution in [2.45, 2.75) is 92.4 Å². The minimum Gasteiger partial charge on any atom is -0.0651 e. The molecule has 0 heteroatoms. The van der Waals surface area contributed by atoms with E-state index in [2.05, 4.69) is 34.6 Å². The lowest BCUT2D eigenvalue weighted by Gasteiger charge is -2.40. The van der Waals surface area contributed by atoms with E-state index in [1.165, 1.54) is 57.8 Å². The molecular formula is C21H40. The zero-order chi connectivity index (χ0) is 15.4. The predicted molar refractivity (Wildman–Crippen MR) is 94.4 cm³/mol. The van der Waals surface area contributed by atoms with Gasteiger partial charge in [0.05, 0.1) is 0 Å². The monoisotopic (exact) mass is 292 g/mol. The van der Waals surface area contributed by atoms with Gasteiger partial charge in [0.25, 0.3) is 0 Å². The van der Waals surface area contributed by atoms with Crippen molar-refractivity contribution < 1.29 is 0 Å². The summed E-state index contributed by atoms with van der Waals surface area (Å²) < 4.78 is 0. The highest BCUT2D eigenvalue weighted by Gasteiger charge is 2.33. The van der Waals surface area contributed by atoms with E-state index < -0.39 is 0 Å². The van der Waals surface area contributed by atoms with Crippen molar-refractivity contribution in [2.75, 3.05) is 0 Å². The highest BCUT2D eigenvalue weighted by Crippen LogP contribution is 2.44. The second-order valence-corrected chi connectivity index (χ2v) is 8.84. The lowest BCUT2D eigenvalue weighted by Crippen LogP contribution is -2.30. The van der Waals surface area contributed by atoms with Crippen molar-refractivity contribution in [3.8, 4) is 0 Å². The molecule has 21 heavy (non-hydrogen) atoms. The first kappa shape index (κ1) is 17.4. The van der Waals surface area contributed by atoms with Gasteiger partial charge < -0.3 is 0 Å². The number of hydrogen-bond acceptors (Lipinski definition) is 0. The third-order valence-corrected chi connectivity index (χ3v) is 7.51. The summed E-state index contributed by atoms with van der Waals surface area (Å²) in [6.07, 6.45) is 13.5. The van der Waals surface area contributed by atoms with Crippen LogP contribution in [0.25, 0.3) is 0 Å². The average Bonchev–Trinajstić information content (AvgIpc) is 2.53. The fraction of sp³-hybridized carbons (Fsp3) is 1.00. The molecule has 0 aromatic heterocycles. The maximum absolute atomic E-state index is 2.59. The van der Waals surface area contributed by atoms with Gasteiger partial charge in [-0.2, -0.15) is 0 Å². The van der Waals surface area contributed by atoms with Gasteiger partial charge in [-0.25, -0.2) is 0 Å². The smallest absolute Gasteiger partial charge is 0.0386 e. The molecule has 0 spiro atoms. The fourth-order valence-corrected chi connectivity index (χ4v) is 5.30. The Kier molecular flexibility index (Phi) is 6.63. The summed E-state index contributed by atoms with van der Waals surface area (Å²) in [4.78, 5) is 0. The molecule has 0 N–H and O–H groups in total. The molecule has 124 valence electrons. The average molecular weight is 293 g/mol. The molecule has 2 aliphatic carbocycles. The molecule has 0 bridgehead atoms. The molecule has 0 aromatic rings. The van der Waals surface area contributed by atoms with Crippen molar-refractivity contribution in [2.24, 2.45) is 41.4 Å². The zero-order valence-electron chi connectivity index (χ0n) is 15.4. The van der Waals surface area contributed by atoms with E-state index in [4.69, 9.17) is 0 Å². The molecule has 2 fully saturated rings. The van der Waals surface area contributed by atoms with Gasteiger partial charge in [-0.05, 0) is 92.8 Å². The maximum atomic E-state index is 2.59. The third kappa shape index (κ3) is 4.49. The van der Waals surface area contributed by atoms with Gasteiger partial charge >= 0.3 is 0 Å². The molecule has 2 rings (SSSR count). The molecule has 0 aromatic carbocycles. The van der Waals surface area contributed by atoms with Crippen LogP contribution in [0.3, 0.4) is 0 Å². The van der Waals surface area contributed by atoms with Gasteiger partial charge in [-0.1, -0.05) is 41.0 Å². The highest BCUT2D eigenvalue weighted by atomic mass is 14.4. The summed E-state index contributed by atoms with van der Waals surface area (Å²) in [6.45, 7) is 12.3. The Bertz CT molecular complexity index is 276. The van der Waals surface area contributed by atoms with E-state index in [9.17, 15) is 0 Å². The molecule has 0 nitrogen and oxygen atoms in total. The highest BCUT2D eigenvalue weighted by molar-refractivity contribution is 4.84. The Labute approximate surface area is 134 Å². The minimum absolute atomic E-state index is 0.909. The molecule has 0 aliphatic heterocycles. The first-order valence-corrected chi connectivity index (χ1v) is 10.0. The van der Waals surface area contributed by atoms with E-state index in [0.29, 0.717) is 0 Å². The summed E-state index contributed by atoms with van der Waals surface area (Å²) in [5.74, 6) is 7.02. The second kappa shape index (κ2) is 8.02. The minimum atomic E-state index is 0.909. The topological polar surface area (TPSA) is 0 Å². The Morgan fingerprint density at radius 3 is 1.38 bits per heavy atom. The van der Waals surface area contributed by atoms with Gasteiger partial charge in [-0.3, -0.25) is 0 Å². The normalized spacial score (nSPS) is 37.4. The predicted octanol–water partition coefficient (Wildman–Crippen LogP) is 6.94. The summed E-state index contributed by atoms with van der Waals surface area (Å²) in [5.41, 5.74) is 0. The van der Waals surface area contributed by atoms with Crippen molar-refractivity contribution in [1.29, 1.82) is 0 Å². The Hall–Kier alpha value is 0. The van der Waals surface area contributed by atoms with Crippen LogP contribution in [0.2, 0.25) is 0 Å². The second-order valence-electron chi connectivity index (χ2n) is 8.84. The Morgan fingerprint density at radius 1 is 0.619 bits per heavy atom. The van der Waals surface area contributed by atoms with Gasteiger partial charge in [0, 0.05) is 0 Å². The lowest BCUT2D eigenvalue weighted by atomic mass is 9.65. The van der Waals surface area contributed by atoms with Crippen LogP contribution in [-0.2, 0) is 0 Å². The molecule has 2 atom stereocenters. The first-order valence-electron chi connectivity index (χ1n) is 10.0. The molecule has 0 heterocycles. The lowest BCUT2D eigenvalue weighted by molar-refractivity contribution is 0.104. The first-order chi connectivity index (χ1) is 10.0. The van der Waals surface area contributed by atoms with Crippen LogP contribution in [0.4, 0.5) is 0 Å². The van der Waals surface area contributed by atoms with Gasteiger partial charge in [0.15, 0.2) is 0 Å². The van der Waals surface area contributed by atoms with E-state index in [-0.39, 0.29) is 0 Å². The SMILES string of the molecule is CCC(C)C1CCC(C(C)C2CCC(C(C)C)CC2)CC1. The number of rotatable bonds is 5. The van der Waals surface area contributed by atoms with Gasteiger partial charge in [-0.15, -0.1) is 0 Å². The maximum Gasteiger partial charge on any atom is -0.0386 e. The third-order valence-electron chi connectivity index (χ3n) is 7.51. The van der Waals surface area contributed by atoms with E-state index in [1.807, 2.05) is 0 Å². The van der Waals surface area contributed by atoms with Crippen molar-refractivity contribution in [3.05, 3.63) is 0 Å². The van der Waals surface area contributed by atoms with Crippen LogP contribution in [-0.4, -0.2) is 0 Å². The standard InChI is InChI=1S/C21H40/c1-6-16(4)19-9-13-21(14-10-19)17(5)20-11-7-18(8-12-20)15(2)3/h15-21H,6-14H2,1-5H3. The summed E-state index contributed by atoms with van der Waals surface area (Å²) in [5, 5.41) is 0. The van der Waals surface area contributed by atoms with Crippen LogP contribution in [0, 0.1) is 41.4 Å². The Morgan fingerprint density at radius 2 is 1.00 bits per heavy atom. The molecule has 0 amide bonds. The van der Waals surface area contributed by atoms with Crippen molar-refractivity contribution in [3.63, 3.8) is 0 Å². The van der Waals surface area contributed by atoms with E-state index >= 15 is 0 Å². The van der Waals surface area contributed by atoms with Crippen LogP contribution >= 0.6 is 0 Å². The fourth-order valence-electron chi connectivity index (χ4n) is 5.30. The van der Waals surface area contributed by atoms with E-state index in [1.54, 1.807) is 0 Å². The van der Waals surface area contributed by atoms with Gasteiger partial charge in [0.1, 0.15) is 0 Å². The van der Waals surface area contributed by atoms with Crippen molar-refractivity contribution in [1.82, 2.24) is 0 Å². The van der Waals surface area contributed by atoms with E-state index in [0.717, 1.165) is 41.4 Å². The van der Waals surface area contributed by atoms with Crippen LogP contribution in [0.15, 0.2) is 0 Å². The van der Waals surface area contributed by atoms with Crippen molar-refractivity contribution >= 4 is 0 Å². The summed E-state index contributed by atoms with van der Waals surface area (Å²) >= 11 is 0.